The van der Waals surface area contributed by atoms with Crippen molar-refractivity contribution in [2.24, 2.45) is 7.05 Å². The smallest absolute Gasteiger partial charge is 0.123 e. The molecule has 0 aliphatic carbocycles. The number of aryl methyl sites for hydroxylation is 3. The van der Waals surface area contributed by atoms with E-state index in [2.05, 4.69) is 31.0 Å². The lowest BCUT2D eigenvalue weighted by Gasteiger charge is -2.03. The molecule has 0 aliphatic rings. The van der Waals surface area contributed by atoms with Crippen molar-refractivity contribution in [3.8, 4) is 6.07 Å². The summed E-state index contributed by atoms with van der Waals surface area (Å²) in [5.41, 5.74) is 4.62. The van der Waals surface area contributed by atoms with E-state index in [0.29, 0.717) is 6.42 Å². The largest absolute Gasteiger partial charge is 0.330 e. The first-order valence-corrected chi connectivity index (χ1v) is 4.93. The van der Waals surface area contributed by atoms with Crippen LogP contribution < -0.4 is 0 Å². The molecule has 15 heavy (non-hydrogen) atoms. The maximum atomic E-state index is 8.69. The van der Waals surface area contributed by atoms with E-state index >= 15 is 0 Å². The number of hydrogen-bond donors (Lipinski definition) is 0. The molecule has 1 aromatic heterocycles. The van der Waals surface area contributed by atoms with Crippen LogP contribution in [0.5, 0.6) is 0 Å². The first kappa shape index (κ1) is 9.72. The third kappa shape index (κ3) is 1.39. The van der Waals surface area contributed by atoms with Gasteiger partial charge < -0.3 is 4.57 Å². The van der Waals surface area contributed by atoms with Crippen molar-refractivity contribution in [1.82, 2.24) is 9.55 Å². The van der Waals surface area contributed by atoms with Crippen LogP contribution in [0.25, 0.3) is 11.0 Å². The predicted octanol–water partition coefficient (Wildman–Crippen LogP) is 2.26. The van der Waals surface area contributed by atoms with Gasteiger partial charge in [-0.1, -0.05) is 6.07 Å². The first-order valence-electron chi connectivity index (χ1n) is 4.93. The SMILES string of the molecule is Cc1ccc2nc(CC#N)n(C)c2c1C. The van der Waals surface area contributed by atoms with E-state index in [0.717, 1.165) is 16.9 Å². The maximum absolute atomic E-state index is 8.69. The Morgan fingerprint density at radius 3 is 2.80 bits per heavy atom. The topological polar surface area (TPSA) is 41.6 Å². The average molecular weight is 199 g/mol. The second kappa shape index (κ2) is 3.39. The predicted molar refractivity (Wildman–Crippen MR) is 59.5 cm³/mol. The van der Waals surface area contributed by atoms with Crippen LogP contribution in [0.2, 0.25) is 0 Å². The van der Waals surface area contributed by atoms with Gasteiger partial charge in [0.25, 0.3) is 0 Å². The van der Waals surface area contributed by atoms with E-state index < -0.39 is 0 Å². The summed E-state index contributed by atoms with van der Waals surface area (Å²) >= 11 is 0. The van der Waals surface area contributed by atoms with Crippen molar-refractivity contribution in [3.63, 3.8) is 0 Å². The average Bonchev–Trinajstić information content (AvgIpc) is 2.52. The highest BCUT2D eigenvalue weighted by atomic mass is 15.1. The van der Waals surface area contributed by atoms with Crippen molar-refractivity contribution in [1.29, 1.82) is 5.26 Å². The number of fused-ring (bicyclic) bond motifs is 1. The Bertz CT molecular complexity index is 558. The summed E-state index contributed by atoms with van der Waals surface area (Å²) in [7, 11) is 1.97. The minimum atomic E-state index is 0.365. The molecule has 0 radical (unpaired) electrons. The fraction of sp³-hybridized carbons (Fsp3) is 0.333. The molecule has 0 unspecified atom stereocenters. The molecule has 1 heterocycles. The lowest BCUT2D eigenvalue weighted by molar-refractivity contribution is 0.855. The minimum absolute atomic E-state index is 0.365. The summed E-state index contributed by atoms with van der Waals surface area (Å²) in [6.45, 7) is 4.18. The van der Waals surface area contributed by atoms with Crippen LogP contribution in [0.3, 0.4) is 0 Å². The molecule has 2 aromatic rings. The van der Waals surface area contributed by atoms with Gasteiger partial charge in [-0.15, -0.1) is 0 Å². The van der Waals surface area contributed by atoms with Crippen LogP contribution in [0, 0.1) is 25.2 Å². The van der Waals surface area contributed by atoms with Crippen LogP contribution in [-0.2, 0) is 13.5 Å². The van der Waals surface area contributed by atoms with E-state index in [1.165, 1.54) is 11.1 Å². The zero-order valence-electron chi connectivity index (χ0n) is 9.20. The monoisotopic (exact) mass is 199 g/mol. The summed E-state index contributed by atoms with van der Waals surface area (Å²) in [5.74, 6) is 0.834. The van der Waals surface area contributed by atoms with Gasteiger partial charge in [-0.25, -0.2) is 4.98 Å². The number of nitrogens with zero attached hydrogens (tertiary/aromatic N) is 3. The Morgan fingerprint density at radius 2 is 2.13 bits per heavy atom. The van der Waals surface area contributed by atoms with E-state index in [4.69, 9.17) is 5.26 Å². The second-order valence-corrected chi connectivity index (χ2v) is 3.80. The summed E-state index contributed by atoms with van der Waals surface area (Å²) < 4.78 is 2.01. The molecular weight excluding hydrogens is 186 g/mol. The molecule has 2 rings (SSSR count). The molecule has 76 valence electrons. The molecule has 0 amide bonds. The molecular formula is C12H13N3. The lowest BCUT2D eigenvalue weighted by atomic mass is 10.1. The fourth-order valence-corrected chi connectivity index (χ4v) is 1.87. The van der Waals surface area contributed by atoms with Gasteiger partial charge in [0.05, 0.1) is 23.5 Å². The Hall–Kier alpha value is -1.82. The summed E-state index contributed by atoms with van der Waals surface area (Å²) in [6, 6.07) is 6.22. The van der Waals surface area contributed by atoms with Gasteiger partial charge in [0, 0.05) is 7.05 Å². The first-order chi connectivity index (χ1) is 7.15. The van der Waals surface area contributed by atoms with E-state index in [1.54, 1.807) is 0 Å². The third-order valence-electron chi connectivity index (χ3n) is 2.89. The quantitative estimate of drug-likeness (QED) is 0.706. The van der Waals surface area contributed by atoms with E-state index in [1.807, 2.05) is 17.7 Å². The van der Waals surface area contributed by atoms with Gasteiger partial charge in [-0.3, -0.25) is 0 Å². The molecule has 0 saturated carbocycles. The molecule has 0 bridgehead atoms. The van der Waals surface area contributed by atoms with Crippen molar-refractivity contribution in [2.45, 2.75) is 20.3 Å². The molecule has 3 nitrogen and oxygen atoms in total. The van der Waals surface area contributed by atoms with Crippen LogP contribution in [0.1, 0.15) is 17.0 Å². The number of imidazole rings is 1. The molecule has 0 aliphatic heterocycles. The maximum Gasteiger partial charge on any atom is 0.123 e. The molecule has 1 aromatic carbocycles. The summed E-state index contributed by atoms with van der Waals surface area (Å²) in [5, 5.41) is 8.69. The molecule has 0 saturated heterocycles. The Kier molecular flexibility index (Phi) is 2.20. The molecule has 0 atom stereocenters. The van der Waals surface area contributed by atoms with E-state index in [-0.39, 0.29) is 0 Å². The number of benzene rings is 1. The zero-order valence-corrected chi connectivity index (χ0v) is 9.20. The minimum Gasteiger partial charge on any atom is -0.330 e. The lowest BCUT2D eigenvalue weighted by Crippen LogP contribution is -1.97. The standard InChI is InChI=1S/C12H13N3/c1-8-4-5-10-12(9(8)2)15(3)11(14-10)6-7-13/h4-5H,6H2,1-3H3. The van der Waals surface area contributed by atoms with Crippen molar-refractivity contribution in [3.05, 3.63) is 29.1 Å². The Morgan fingerprint density at radius 1 is 1.40 bits per heavy atom. The normalized spacial score (nSPS) is 10.5. The zero-order chi connectivity index (χ0) is 11.0. The van der Waals surface area contributed by atoms with Gasteiger partial charge in [0.2, 0.25) is 0 Å². The van der Waals surface area contributed by atoms with Gasteiger partial charge in [0.1, 0.15) is 5.82 Å². The highest BCUT2D eigenvalue weighted by molar-refractivity contribution is 5.80. The van der Waals surface area contributed by atoms with Gasteiger partial charge in [-0.05, 0) is 31.0 Å². The molecule has 3 heteroatoms. The number of rotatable bonds is 1. The molecule has 0 spiro atoms. The third-order valence-corrected chi connectivity index (χ3v) is 2.89. The van der Waals surface area contributed by atoms with Gasteiger partial charge in [0.15, 0.2) is 0 Å². The fourth-order valence-electron chi connectivity index (χ4n) is 1.87. The second-order valence-electron chi connectivity index (χ2n) is 3.80. The van der Waals surface area contributed by atoms with Crippen LogP contribution in [0.4, 0.5) is 0 Å². The Balaban J connectivity index is 2.79. The number of aromatic nitrogens is 2. The van der Waals surface area contributed by atoms with Crippen molar-refractivity contribution in [2.75, 3.05) is 0 Å². The van der Waals surface area contributed by atoms with Crippen LogP contribution in [-0.4, -0.2) is 9.55 Å². The molecule has 0 N–H and O–H groups in total. The van der Waals surface area contributed by atoms with Crippen LogP contribution >= 0.6 is 0 Å². The van der Waals surface area contributed by atoms with Crippen LogP contribution in [0.15, 0.2) is 12.1 Å². The number of hydrogen-bond acceptors (Lipinski definition) is 2. The van der Waals surface area contributed by atoms with Gasteiger partial charge >= 0.3 is 0 Å². The van der Waals surface area contributed by atoms with E-state index in [9.17, 15) is 0 Å². The van der Waals surface area contributed by atoms with Crippen molar-refractivity contribution < 1.29 is 0 Å². The molecule has 0 fully saturated rings. The summed E-state index contributed by atoms with van der Waals surface area (Å²) in [4.78, 5) is 4.44. The van der Waals surface area contributed by atoms with Crippen molar-refractivity contribution >= 4 is 11.0 Å². The Labute approximate surface area is 89.0 Å². The number of nitriles is 1. The highest BCUT2D eigenvalue weighted by Crippen LogP contribution is 2.21. The van der Waals surface area contributed by atoms with Gasteiger partial charge in [-0.2, -0.15) is 5.26 Å². The highest BCUT2D eigenvalue weighted by Gasteiger charge is 2.10. The summed E-state index contributed by atoms with van der Waals surface area (Å²) in [6.07, 6.45) is 0.365.